The normalized spacial score (nSPS) is 10.0. The highest BCUT2D eigenvalue weighted by molar-refractivity contribution is 8.13. The van der Waals surface area contributed by atoms with E-state index in [2.05, 4.69) is 6.92 Å². The number of hydrogen-bond acceptors (Lipinski definition) is 2. The van der Waals surface area contributed by atoms with E-state index in [9.17, 15) is 4.79 Å². The second-order valence-electron chi connectivity index (χ2n) is 2.63. The van der Waals surface area contributed by atoms with Crippen molar-refractivity contribution in [2.24, 2.45) is 0 Å². The fourth-order valence-corrected chi connectivity index (χ4v) is 1.60. The highest BCUT2D eigenvalue weighted by atomic mass is 32.2. The van der Waals surface area contributed by atoms with Gasteiger partial charge in [0.05, 0.1) is 0 Å². The second-order valence-corrected chi connectivity index (χ2v) is 3.79. The molecule has 66 valence electrons. The summed E-state index contributed by atoms with van der Waals surface area (Å²) in [5, 5.41) is 0.335. The highest BCUT2D eigenvalue weighted by Crippen LogP contribution is 2.09. The maximum atomic E-state index is 10.8. The second kappa shape index (κ2) is 8.12. The Morgan fingerprint density at radius 3 is 2.45 bits per heavy atom. The molecule has 0 amide bonds. The fourth-order valence-electron chi connectivity index (χ4n) is 0.817. The van der Waals surface area contributed by atoms with E-state index in [0.29, 0.717) is 11.5 Å². The zero-order chi connectivity index (χ0) is 8.53. The van der Waals surface area contributed by atoms with Gasteiger partial charge in [0.15, 0.2) is 5.12 Å². The molecule has 0 bridgehead atoms. The first-order chi connectivity index (χ1) is 5.31. The van der Waals surface area contributed by atoms with Gasteiger partial charge in [0.25, 0.3) is 0 Å². The van der Waals surface area contributed by atoms with Crippen LogP contribution in [0.1, 0.15) is 46.0 Å². The molecule has 0 heterocycles. The zero-order valence-corrected chi connectivity index (χ0v) is 8.38. The topological polar surface area (TPSA) is 17.1 Å². The molecule has 0 saturated heterocycles. The van der Waals surface area contributed by atoms with E-state index >= 15 is 0 Å². The fraction of sp³-hybridized carbons (Fsp3) is 0.889. The molecule has 0 fully saturated rings. The van der Waals surface area contributed by atoms with Crippen molar-refractivity contribution in [3.8, 4) is 0 Å². The molecule has 0 saturated carbocycles. The Morgan fingerprint density at radius 1 is 1.18 bits per heavy atom. The molecule has 0 rings (SSSR count). The van der Waals surface area contributed by atoms with Gasteiger partial charge in [-0.25, -0.2) is 0 Å². The Balaban J connectivity index is 2.95. The van der Waals surface area contributed by atoms with E-state index in [-0.39, 0.29) is 0 Å². The first-order valence-electron chi connectivity index (χ1n) is 4.46. The van der Waals surface area contributed by atoms with Crippen LogP contribution in [-0.4, -0.2) is 10.9 Å². The lowest BCUT2D eigenvalue weighted by Gasteiger charge is -1.97. The van der Waals surface area contributed by atoms with Crippen molar-refractivity contribution in [3.63, 3.8) is 0 Å². The van der Waals surface area contributed by atoms with Gasteiger partial charge in [-0.1, -0.05) is 44.9 Å². The molecule has 0 aliphatic rings. The highest BCUT2D eigenvalue weighted by Gasteiger charge is 1.96. The maximum Gasteiger partial charge on any atom is 0.188 e. The third-order valence-corrected chi connectivity index (χ3v) is 2.65. The Labute approximate surface area is 73.9 Å². The summed E-state index contributed by atoms with van der Waals surface area (Å²) in [4.78, 5) is 10.8. The van der Waals surface area contributed by atoms with E-state index in [1.54, 1.807) is 0 Å². The molecule has 0 unspecified atom stereocenters. The van der Waals surface area contributed by atoms with Crippen LogP contribution in [0.25, 0.3) is 0 Å². The number of rotatable bonds is 6. The lowest BCUT2D eigenvalue weighted by molar-refractivity contribution is -0.110. The molecular weight excluding hydrogens is 156 g/mol. The molecule has 2 heteroatoms. The van der Waals surface area contributed by atoms with Crippen molar-refractivity contribution < 1.29 is 4.79 Å². The molecule has 0 aromatic heterocycles. The van der Waals surface area contributed by atoms with E-state index in [1.807, 2.05) is 6.92 Å². The molecule has 0 N–H and O–H groups in total. The average Bonchev–Trinajstić information content (AvgIpc) is 2.04. The number of unbranched alkanes of at least 4 members (excludes halogenated alkanes) is 3. The van der Waals surface area contributed by atoms with E-state index in [4.69, 9.17) is 0 Å². The summed E-state index contributed by atoms with van der Waals surface area (Å²) in [7, 11) is 0. The van der Waals surface area contributed by atoms with Crippen molar-refractivity contribution in [3.05, 3.63) is 0 Å². The smallest absolute Gasteiger partial charge is 0.188 e. The largest absolute Gasteiger partial charge is 0.287 e. The minimum Gasteiger partial charge on any atom is -0.287 e. The van der Waals surface area contributed by atoms with E-state index in [1.165, 1.54) is 37.4 Å². The van der Waals surface area contributed by atoms with Crippen molar-refractivity contribution in [2.45, 2.75) is 46.0 Å². The lowest BCUT2D eigenvalue weighted by Crippen LogP contribution is -1.90. The first-order valence-corrected chi connectivity index (χ1v) is 5.45. The third kappa shape index (κ3) is 7.92. The average molecular weight is 174 g/mol. The predicted molar refractivity (Wildman–Crippen MR) is 51.9 cm³/mol. The van der Waals surface area contributed by atoms with E-state index in [0.717, 1.165) is 5.75 Å². The van der Waals surface area contributed by atoms with Gasteiger partial charge in [0, 0.05) is 12.2 Å². The van der Waals surface area contributed by atoms with Crippen LogP contribution < -0.4 is 0 Å². The number of thioether (sulfide) groups is 1. The summed E-state index contributed by atoms with van der Waals surface area (Å²) < 4.78 is 0. The van der Waals surface area contributed by atoms with Crippen molar-refractivity contribution in [1.82, 2.24) is 0 Å². The Kier molecular flexibility index (Phi) is 8.13. The molecule has 0 radical (unpaired) electrons. The third-order valence-electron chi connectivity index (χ3n) is 1.55. The maximum absolute atomic E-state index is 10.8. The number of hydrogen-bond donors (Lipinski definition) is 0. The van der Waals surface area contributed by atoms with Crippen LogP contribution in [0.5, 0.6) is 0 Å². The van der Waals surface area contributed by atoms with Crippen LogP contribution >= 0.6 is 11.8 Å². The standard InChI is InChI=1S/C9H18OS/c1-3-5-6-7-8-11-9(10)4-2/h3-8H2,1-2H3. The van der Waals surface area contributed by atoms with Crippen molar-refractivity contribution >= 4 is 16.9 Å². The Morgan fingerprint density at radius 2 is 1.91 bits per heavy atom. The molecular formula is C9H18OS. The van der Waals surface area contributed by atoms with Gasteiger partial charge < -0.3 is 0 Å². The molecule has 0 aliphatic heterocycles. The Bertz CT molecular complexity index is 102. The molecule has 0 spiro atoms. The minimum atomic E-state index is 0.335. The van der Waals surface area contributed by atoms with Crippen LogP contribution in [0.4, 0.5) is 0 Å². The summed E-state index contributed by atoms with van der Waals surface area (Å²) in [5.74, 6) is 1.02. The summed E-state index contributed by atoms with van der Waals surface area (Å²) in [6.45, 7) is 4.12. The summed E-state index contributed by atoms with van der Waals surface area (Å²) in [5.41, 5.74) is 0. The molecule has 0 aromatic carbocycles. The van der Waals surface area contributed by atoms with Crippen LogP contribution in [0.2, 0.25) is 0 Å². The summed E-state index contributed by atoms with van der Waals surface area (Å²) in [6, 6.07) is 0. The van der Waals surface area contributed by atoms with Gasteiger partial charge in [-0.15, -0.1) is 0 Å². The van der Waals surface area contributed by atoms with Gasteiger partial charge >= 0.3 is 0 Å². The number of carbonyl (C=O) groups excluding carboxylic acids is 1. The van der Waals surface area contributed by atoms with Crippen molar-refractivity contribution in [1.29, 1.82) is 0 Å². The molecule has 11 heavy (non-hydrogen) atoms. The lowest BCUT2D eigenvalue weighted by atomic mass is 10.2. The summed E-state index contributed by atoms with van der Waals surface area (Å²) >= 11 is 1.49. The van der Waals surface area contributed by atoms with Gasteiger partial charge in [-0.3, -0.25) is 4.79 Å². The van der Waals surface area contributed by atoms with E-state index < -0.39 is 0 Å². The van der Waals surface area contributed by atoms with Gasteiger partial charge in [0.1, 0.15) is 0 Å². The minimum absolute atomic E-state index is 0.335. The molecule has 0 atom stereocenters. The summed E-state index contributed by atoms with van der Waals surface area (Å²) in [6.07, 6.45) is 5.73. The predicted octanol–water partition coefficient (Wildman–Crippen LogP) is 3.24. The van der Waals surface area contributed by atoms with Crippen LogP contribution in [0.3, 0.4) is 0 Å². The molecule has 1 nitrogen and oxygen atoms in total. The molecule has 0 aromatic rings. The van der Waals surface area contributed by atoms with Crippen molar-refractivity contribution in [2.75, 3.05) is 5.75 Å². The monoisotopic (exact) mass is 174 g/mol. The molecule has 0 aliphatic carbocycles. The van der Waals surface area contributed by atoms with Gasteiger partial charge in [0.2, 0.25) is 0 Å². The van der Waals surface area contributed by atoms with Gasteiger partial charge in [-0.2, -0.15) is 0 Å². The SMILES string of the molecule is CCCCCCSC(=O)CC. The van der Waals surface area contributed by atoms with Crippen LogP contribution in [0, 0.1) is 0 Å². The van der Waals surface area contributed by atoms with Crippen LogP contribution in [0.15, 0.2) is 0 Å². The zero-order valence-electron chi connectivity index (χ0n) is 7.56. The quantitative estimate of drug-likeness (QED) is 0.575. The first kappa shape index (κ1) is 11.0. The Hall–Kier alpha value is 0.0200. The number of carbonyl (C=O) groups is 1. The van der Waals surface area contributed by atoms with Gasteiger partial charge in [-0.05, 0) is 6.42 Å². The van der Waals surface area contributed by atoms with Crippen LogP contribution in [-0.2, 0) is 4.79 Å².